The van der Waals surface area contributed by atoms with Gasteiger partial charge in [0.2, 0.25) is 0 Å². The second kappa shape index (κ2) is 12.8. The monoisotopic (exact) mass is 717 g/mol. The van der Waals surface area contributed by atoms with Crippen molar-refractivity contribution in [3.63, 3.8) is 0 Å². The number of benzene rings is 8. The molecular formula is C51H31N3S. The molecule has 0 atom stereocenters. The van der Waals surface area contributed by atoms with E-state index in [9.17, 15) is 0 Å². The predicted molar refractivity (Wildman–Crippen MR) is 232 cm³/mol. The van der Waals surface area contributed by atoms with E-state index in [1.165, 1.54) is 58.1 Å². The van der Waals surface area contributed by atoms with Gasteiger partial charge in [-0.05, 0) is 97.0 Å². The molecule has 0 aliphatic rings. The molecule has 0 aliphatic heterocycles. The highest BCUT2D eigenvalue weighted by atomic mass is 32.1. The maximum atomic E-state index is 5.26. The smallest absolute Gasteiger partial charge is 0.160 e. The van der Waals surface area contributed by atoms with E-state index in [1.807, 2.05) is 35.9 Å². The molecule has 0 radical (unpaired) electrons. The zero-order valence-electron chi connectivity index (χ0n) is 29.6. The molecule has 0 spiro atoms. The van der Waals surface area contributed by atoms with E-state index in [0.29, 0.717) is 5.82 Å². The molecule has 0 bridgehead atoms. The number of aromatic nitrogens is 3. The number of rotatable bonds is 5. The average Bonchev–Trinajstić information content (AvgIpc) is 3.63. The van der Waals surface area contributed by atoms with Crippen molar-refractivity contribution in [2.24, 2.45) is 0 Å². The van der Waals surface area contributed by atoms with Gasteiger partial charge in [-0.25, -0.2) is 9.97 Å². The first-order valence-corrected chi connectivity index (χ1v) is 19.3. The van der Waals surface area contributed by atoms with Gasteiger partial charge in [0.1, 0.15) is 0 Å². The topological polar surface area (TPSA) is 38.7 Å². The van der Waals surface area contributed by atoms with Gasteiger partial charge in [0.05, 0.1) is 11.4 Å². The number of thiophene rings is 1. The van der Waals surface area contributed by atoms with Crippen LogP contribution in [0.15, 0.2) is 188 Å². The molecule has 8 aromatic carbocycles. The minimum Gasteiger partial charge on any atom is -0.265 e. The Morgan fingerprint density at radius 2 is 0.818 bits per heavy atom. The van der Waals surface area contributed by atoms with Crippen LogP contribution in [0.3, 0.4) is 0 Å². The molecule has 3 heterocycles. The van der Waals surface area contributed by atoms with E-state index in [1.54, 1.807) is 0 Å². The lowest BCUT2D eigenvalue weighted by atomic mass is 9.93. The second-order valence-electron chi connectivity index (χ2n) is 14.0. The summed E-state index contributed by atoms with van der Waals surface area (Å²) in [6, 6.07) is 63.0. The van der Waals surface area contributed by atoms with Crippen molar-refractivity contribution in [2.45, 2.75) is 0 Å². The third-order valence-corrected chi connectivity index (χ3v) is 11.9. The van der Waals surface area contributed by atoms with Crippen LogP contribution in [-0.2, 0) is 0 Å². The minimum atomic E-state index is 0.706. The number of hydrogen-bond acceptors (Lipinski definition) is 4. The predicted octanol–water partition coefficient (Wildman–Crippen LogP) is 14.0. The Balaban J connectivity index is 1.07. The molecular weight excluding hydrogens is 687 g/mol. The van der Waals surface area contributed by atoms with Gasteiger partial charge in [0.15, 0.2) is 5.82 Å². The van der Waals surface area contributed by atoms with Gasteiger partial charge in [-0.1, -0.05) is 133 Å². The van der Waals surface area contributed by atoms with Gasteiger partial charge < -0.3 is 0 Å². The van der Waals surface area contributed by atoms with Crippen LogP contribution < -0.4 is 0 Å². The van der Waals surface area contributed by atoms with Crippen LogP contribution in [0.1, 0.15) is 0 Å². The van der Waals surface area contributed by atoms with Gasteiger partial charge in [0, 0.05) is 49.3 Å². The van der Waals surface area contributed by atoms with Gasteiger partial charge >= 0.3 is 0 Å². The molecule has 11 aromatic rings. The maximum absolute atomic E-state index is 5.26. The van der Waals surface area contributed by atoms with Gasteiger partial charge in [0.25, 0.3) is 0 Å². The largest absolute Gasteiger partial charge is 0.265 e. The van der Waals surface area contributed by atoms with Crippen molar-refractivity contribution in [1.82, 2.24) is 15.0 Å². The Morgan fingerprint density at radius 3 is 1.55 bits per heavy atom. The lowest BCUT2D eigenvalue weighted by Crippen LogP contribution is -1.96. The third-order valence-electron chi connectivity index (χ3n) is 10.8. The fourth-order valence-corrected chi connectivity index (χ4v) is 9.22. The molecule has 0 amide bonds. The van der Waals surface area contributed by atoms with Crippen LogP contribution in [0.25, 0.3) is 109 Å². The molecule has 3 aromatic heterocycles. The highest BCUT2D eigenvalue weighted by molar-refractivity contribution is 7.26. The van der Waals surface area contributed by atoms with Crippen LogP contribution in [0.4, 0.5) is 0 Å². The Labute approximate surface area is 321 Å². The molecule has 0 saturated carbocycles. The highest BCUT2D eigenvalue weighted by Gasteiger charge is 2.16. The molecule has 4 heteroatoms. The second-order valence-corrected chi connectivity index (χ2v) is 15.1. The molecule has 0 N–H and O–H groups in total. The molecule has 256 valence electrons. The van der Waals surface area contributed by atoms with Gasteiger partial charge in [-0.2, -0.15) is 0 Å². The molecule has 0 aliphatic carbocycles. The van der Waals surface area contributed by atoms with Crippen LogP contribution in [-0.4, -0.2) is 15.0 Å². The number of pyridine rings is 1. The van der Waals surface area contributed by atoms with E-state index in [0.717, 1.165) is 44.8 Å². The SMILES string of the molecule is c1ccc(-c2cccc(-c3cc(-c4ccc(-c5ccncc5)cc4)nc(-c4ccc5c(c4)sc4cc6c7ccccc7c7ccccc7c6cc45)n3)c2)cc1. The van der Waals surface area contributed by atoms with E-state index >= 15 is 0 Å². The molecule has 0 saturated heterocycles. The molecule has 0 fully saturated rings. The fourth-order valence-electron chi connectivity index (χ4n) is 8.05. The van der Waals surface area contributed by atoms with E-state index in [-0.39, 0.29) is 0 Å². The summed E-state index contributed by atoms with van der Waals surface area (Å²) in [4.78, 5) is 14.7. The zero-order chi connectivity index (χ0) is 36.3. The van der Waals surface area contributed by atoms with E-state index < -0.39 is 0 Å². The van der Waals surface area contributed by atoms with Crippen LogP contribution in [0.5, 0.6) is 0 Å². The molecule has 0 unspecified atom stereocenters. The molecule has 11 rings (SSSR count). The fraction of sp³-hybridized carbons (Fsp3) is 0. The van der Waals surface area contributed by atoms with E-state index in [4.69, 9.17) is 9.97 Å². The minimum absolute atomic E-state index is 0.706. The Bertz CT molecular complexity index is 3240. The quantitative estimate of drug-likeness (QED) is 0.166. The molecule has 3 nitrogen and oxygen atoms in total. The molecule has 55 heavy (non-hydrogen) atoms. The van der Waals surface area contributed by atoms with E-state index in [2.05, 4.69) is 169 Å². The van der Waals surface area contributed by atoms with Crippen molar-refractivity contribution >= 4 is 63.8 Å². The van der Waals surface area contributed by atoms with Crippen molar-refractivity contribution in [3.05, 3.63) is 188 Å². The summed E-state index contributed by atoms with van der Waals surface area (Å²) in [5, 5.41) is 10.3. The Kier molecular flexibility index (Phi) is 7.35. The van der Waals surface area contributed by atoms with Crippen LogP contribution in [0, 0.1) is 0 Å². The zero-order valence-corrected chi connectivity index (χ0v) is 30.5. The van der Waals surface area contributed by atoms with Gasteiger partial charge in [-0.15, -0.1) is 11.3 Å². The average molecular weight is 718 g/mol. The first-order valence-electron chi connectivity index (χ1n) is 18.5. The normalized spacial score (nSPS) is 11.6. The number of hydrogen-bond donors (Lipinski definition) is 0. The first kappa shape index (κ1) is 31.5. The third kappa shape index (κ3) is 5.46. The highest BCUT2D eigenvalue weighted by Crippen LogP contribution is 2.43. The lowest BCUT2D eigenvalue weighted by molar-refractivity contribution is 1.18. The summed E-state index contributed by atoms with van der Waals surface area (Å²) in [7, 11) is 0. The summed E-state index contributed by atoms with van der Waals surface area (Å²) >= 11 is 1.84. The van der Waals surface area contributed by atoms with Crippen molar-refractivity contribution < 1.29 is 0 Å². The Morgan fingerprint density at radius 1 is 0.291 bits per heavy atom. The van der Waals surface area contributed by atoms with Crippen molar-refractivity contribution in [1.29, 1.82) is 0 Å². The summed E-state index contributed by atoms with van der Waals surface area (Å²) in [5.74, 6) is 0.706. The summed E-state index contributed by atoms with van der Waals surface area (Å²) in [6.07, 6.45) is 3.66. The summed E-state index contributed by atoms with van der Waals surface area (Å²) in [5.41, 5.74) is 9.45. The van der Waals surface area contributed by atoms with Crippen molar-refractivity contribution in [2.75, 3.05) is 0 Å². The lowest BCUT2D eigenvalue weighted by Gasteiger charge is -2.11. The Hall–Kier alpha value is -7.01. The van der Waals surface area contributed by atoms with Gasteiger partial charge in [-0.3, -0.25) is 4.98 Å². The summed E-state index contributed by atoms with van der Waals surface area (Å²) in [6.45, 7) is 0. The number of fused-ring (bicyclic) bond motifs is 9. The number of nitrogens with zero attached hydrogens (tertiary/aromatic N) is 3. The summed E-state index contributed by atoms with van der Waals surface area (Å²) < 4.78 is 2.50. The maximum Gasteiger partial charge on any atom is 0.160 e. The van der Waals surface area contributed by atoms with Crippen molar-refractivity contribution in [3.8, 4) is 56.2 Å². The van der Waals surface area contributed by atoms with Crippen LogP contribution in [0.2, 0.25) is 0 Å². The first-order chi connectivity index (χ1) is 27.2. The standard InChI is InChI=1S/C51H31N3S/c1-2-9-32(10-3-1)36-11-8-12-37(27-36)48-31-47(35-19-17-33(18-20-35)34-23-25-52-26-24-34)53-51(54-48)38-21-22-43-46-29-44-41-15-6-4-13-39(41)40-14-5-7-16-42(40)45(44)30-50(46)55-49(43)28-38/h1-31H. The van der Waals surface area contributed by atoms with Crippen LogP contribution >= 0.6 is 11.3 Å².